The third-order valence-electron chi connectivity index (χ3n) is 2.18. The Hall–Kier alpha value is -1.71. The second-order valence-corrected chi connectivity index (χ2v) is 3.37. The molecule has 0 N–H and O–H groups in total. The molecule has 0 bridgehead atoms. The van der Waals surface area contributed by atoms with Gasteiger partial charge in [0.15, 0.2) is 0 Å². The Balaban J connectivity index is 2.68. The number of imidazole rings is 1. The molecule has 2 rings (SSSR count). The lowest BCUT2D eigenvalue weighted by molar-refractivity contribution is 0.567. The molecule has 0 unspecified atom stereocenters. The fraction of sp³-hybridized carbons (Fsp3) is 0.182. The third kappa shape index (κ3) is 1.63. The Bertz CT molecular complexity index is 483. The van der Waals surface area contributed by atoms with E-state index in [1.165, 1.54) is 22.8 Å². The van der Waals surface area contributed by atoms with Crippen molar-refractivity contribution in [3.63, 3.8) is 0 Å². The van der Waals surface area contributed by atoms with Crippen LogP contribution in [0.5, 0.6) is 0 Å². The van der Waals surface area contributed by atoms with E-state index in [-0.39, 0.29) is 5.69 Å². The normalized spacial score (nSPS) is 10.7. The number of hydrogen-bond acceptors (Lipinski definition) is 1. The molecular formula is C11H10F2N2. The van der Waals surface area contributed by atoms with Crippen molar-refractivity contribution in [2.75, 3.05) is 0 Å². The van der Waals surface area contributed by atoms with E-state index >= 15 is 0 Å². The van der Waals surface area contributed by atoms with Gasteiger partial charge >= 0.3 is 0 Å². The van der Waals surface area contributed by atoms with Crippen molar-refractivity contribution in [2.45, 2.75) is 13.8 Å². The standard InChI is InChI=1S/C11H10F2N2/c1-7-6-15(8(2)14-7)11-9(12)4-3-5-10(11)13/h3-6H,1-2H3. The van der Waals surface area contributed by atoms with Gasteiger partial charge in [0.1, 0.15) is 23.1 Å². The van der Waals surface area contributed by atoms with E-state index < -0.39 is 11.6 Å². The fourth-order valence-electron chi connectivity index (χ4n) is 1.56. The molecule has 15 heavy (non-hydrogen) atoms. The van der Waals surface area contributed by atoms with Gasteiger partial charge in [-0.3, -0.25) is 4.57 Å². The first kappa shape index (κ1) is 9.83. The van der Waals surface area contributed by atoms with E-state index in [0.29, 0.717) is 5.82 Å². The van der Waals surface area contributed by atoms with Crippen molar-refractivity contribution in [3.05, 3.63) is 47.5 Å². The Labute approximate surface area is 86.2 Å². The van der Waals surface area contributed by atoms with Crippen LogP contribution in [0.15, 0.2) is 24.4 Å². The highest BCUT2D eigenvalue weighted by Gasteiger charge is 2.12. The summed E-state index contributed by atoms with van der Waals surface area (Å²) in [5, 5.41) is 0. The molecule has 0 saturated carbocycles. The molecule has 0 aliphatic heterocycles. The van der Waals surface area contributed by atoms with Gasteiger partial charge in [0.05, 0.1) is 5.69 Å². The number of benzene rings is 1. The Morgan fingerprint density at radius 2 is 1.73 bits per heavy atom. The number of para-hydroxylation sites is 1. The molecule has 2 aromatic rings. The number of rotatable bonds is 1. The van der Waals surface area contributed by atoms with Crippen LogP contribution in [0.4, 0.5) is 8.78 Å². The molecule has 1 aromatic carbocycles. The van der Waals surface area contributed by atoms with Crippen LogP contribution in [-0.2, 0) is 0 Å². The number of nitrogens with zero attached hydrogens (tertiary/aromatic N) is 2. The molecule has 0 aliphatic carbocycles. The molecule has 4 heteroatoms. The molecule has 78 valence electrons. The van der Waals surface area contributed by atoms with Gasteiger partial charge in [-0.1, -0.05) is 6.07 Å². The zero-order valence-corrected chi connectivity index (χ0v) is 8.46. The van der Waals surface area contributed by atoms with Crippen LogP contribution in [0.3, 0.4) is 0 Å². The van der Waals surface area contributed by atoms with Crippen LogP contribution in [0.25, 0.3) is 5.69 Å². The van der Waals surface area contributed by atoms with Gasteiger partial charge in [0.2, 0.25) is 0 Å². The van der Waals surface area contributed by atoms with Crippen molar-refractivity contribution in [2.24, 2.45) is 0 Å². The van der Waals surface area contributed by atoms with Gasteiger partial charge < -0.3 is 0 Å². The molecular weight excluding hydrogens is 198 g/mol. The molecule has 2 nitrogen and oxygen atoms in total. The molecule has 0 saturated heterocycles. The summed E-state index contributed by atoms with van der Waals surface area (Å²) in [6.07, 6.45) is 1.61. The second-order valence-electron chi connectivity index (χ2n) is 3.37. The lowest BCUT2D eigenvalue weighted by Crippen LogP contribution is -2.02. The molecule has 0 aliphatic rings. The van der Waals surface area contributed by atoms with Crippen molar-refractivity contribution in [3.8, 4) is 5.69 Å². The first-order valence-electron chi connectivity index (χ1n) is 4.56. The Kier molecular flexibility index (Phi) is 2.26. The quantitative estimate of drug-likeness (QED) is 0.704. The first-order valence-corrected chi connectivity index (χ1v) is 4.56. The highest BCUT2D eigenvalue weighted by atomic mass is 19.1. The largest absolute Gasteiger partial charge is 0.298 e. The average molecular weight is 208 g/mol. The lowest BCUT2D eigenvalue weighted by Gasteiger charge is -2.06. The number of hydrogen-bond donors (Lipinski definition) is 0. The minimum Gasteiger partial charge on any atom is -0.298 e. The fourth-order valence-corrected chi connectivity index (χ4v) is 1.56. The van der Waals surface area contributed by atoms with Crippen molar-refractivity contribution >= 4 is 0 Å². The van der Waals surface area contributed by atoms with Crippen LogP contribution < -0.4 is 0 Å². The zero-order chi connectivity index (χ0) is 11.0. The Morgan fingerprint density at radius 1 is 1.13 bits per heavy atom. The maximum Gasteiger partial charge on any atom is 0.150 e. The van der Waals surface area contributed by atoms with E-state index in [1.54, 1.807) is 20.0 Å². The summed E-state index contributed by atoms with van der Waals surface area (Å²) in [6.45, 7) is 3.49. The molecule has 1 heterocycles. The SMILES string of the molecule is Cc1cn(-c2c(F)cccc2F)c(C)n1. The van der Waals surface area contributed by atoms with Gasteiger partial charge in [-0.15, -0.1) is 0 Å². The van der Waals surface area contributed by atoms with Gasteiger partial charge in [0.25, 0.3) is 0 Å². The first-order chi connectivity index (χ1) is 7.09. The molecule has 0 atom stereocenters. The maximum absolute atomic E-state index is 13.4. The number of halogens is 2. The van der Waals surface area contributed by atoms with E-state index in [4.69, 9.17) is 0 Å². The third-order valence-corrected chi connectivity index (χ3v) is 2.18. The smallest absolute Gasteiger partial charge is 0.150 e. The van der Waals surface area contributed by atoms with Gasteiger partial charge in [-0.05, 0) is 26.0 Å². The van der Waals surface area contributed by atoms with Crippen molar-refractivity contribution in [1.82, 2.24) is 9.55 Å². The second kappa shape index (κ2) is 3.46. The van der Waals surface area contributed by atoms with E-state index in [0.717, 1.165) is 5.69 Å². The highest BCUT2D eigenvalue weighted by molar-refractivity contribution is 5.37. The van der Waals surface area contributed by atoms with E-state index in [9.17, 15) is 8.78 Å². The molecule has 0 radical (unpaired) electrons. The maximum atomic E-state index is 13.4. The Morgan fingerprint density at radius 3 is 2.20 bits per heavy atom. The highest BCUT2D eigenvalue weighted by Crippen LogP contribution is 2.19. The summed E-state index contributed by atoms with van der Waals surface area (Å²) in [5.41, 5.74) is 0.658. The monoisotopic (exact) mass is 208 g/mol. The predicted molar refractivity (Wildman–Crippen MR) is 53.0 cm³/mol. The lowest BCUT2D eigenvalue weighted by atomic mass is 10.3. The summed E-state index contributed by atoms with van der Waals surface area (Å²) in [4.78, 5) is 4.10. The van der Waals surface area contributed by atoms with Crippen LogP contribution in [-0.4, -0.2) is 9.55 Å². The number of aromatic nitrogens is 2. The van der Waals surface area contributed by atoms with Gasteiger partial charge in [-0.25, -0.2) is 13.8 Å². The van der Waals surface area contributed by atoms with Crippen LogP contribution in [0.1, 0.15) is 11.5 Å². The van der Waals surface area contributed by atoms with E-state index in [1.807, 2.05) is 0 Å². The zero-order valence-electron chi connectivity index (χ0n) is 8.46. The molecule has 0 fully saturated rings. The summed E-state index contributed by atoms with van der Waals surface area (Å²) in [7, 11) is 0. The molecule has 1 aromatic heterocycles. The summed E-state index contributed by atoms with van der Waals surface area (Å²) < 4.78 is 28.3. The summed E-state index contributed by atoms with van der Waals surface area (Å²) >= 11 is 0. The van der Waals surface area contributed by atoms with Gasteiger partial charge in [0, 0.05) is 6.20 Å². The minimum absolute atomic E-state index is 0.0735. The summed E-state index contributed by atoms with van der Waals surface area (Å²) in [6, 6.07) is 3.80. The van der Waals surface area contributed by atoms with Gasteiger partial charge in [-0.2, -0.15) is 0 Å². The van der Waals surface area contributed by atoms with Crippen LogP contribution >= 0.6 is 0 Å². The number of aryl methyl sites for hydroxylation is 2. The molecule has 0 amide bonds. The summed E-state index contributed by atoms with van der Waals surface area (Å²) in [5.74, 6) is -0.609. The van der Waals surface area contributed by atoms with Crippen molar-refractivity contribution in [1.29, 1.82) is 0 Å². The topological polar surface area (TPSA) is 17.8 Å². The van der Waals surface area contributed by atoms with Crippen LogP contribution in [0.2, 0.25) is 0 Å². The predicted octanol–water partition coefficient (Wildman–Crippen LogP) is 2.77. The minimum atomic E-state index is -0.587. The van der Waals surface area contributed by atoms with Crippen molar-refractivity contribution < 1.29 is 8.78 Å². The van der Waals surface area contributed by atoms with Crippen LogP contribution in [0, 0.1) is 25.5 Å². The van der Waals surface area contributed by atoms with E-state index in [2.05, 4.69) is 4.98 Å². The average Bonchev–Trinajstić information content (AvgIpc) is 2.45. The molecule has 0 spiro atoms.